The predicted molar refractivity (Wildman–Crippen MR) is 38.2 cm³/mol. The summed E-state index contributed by atoms with van der Waals surface area (Å²) < 4.78 is 0. The number of hydrogen-bond acceptors (Lipinski definition) is 1. The SMILES string of the molecule is C=C[C@@H]1CC=C(O)CC1. The molecule has 0 aromatic rings. The summed E-state index contributed by atoms with van der Waals surface area (Å²) >= 11 is 0. The molecule has 0 saturated carbocycles. The largest absolute Gasteiger partial charge is 0.513 e. The summed E-state index contributed by atoms with van der Waals surface area (Å²) in [5, 5.41) is 8.95. The monoisotopic (exact) mass is 124 g/mol. The topological polar surface area (TPSA) is 20.2 Å². The van der Waals surface area contributed by atoms with Gasteiger partial charge in [-0.1, -0.05) is 6.08 Å². The zero-order valence-electron chi connectivity index (χ0n) is 5.51. The van der Waals surface area contributed by atoms with Gasteiger partial charge >= 0.3 is 0 Å². The third kappa shape index (κ3) is 1.60. The van der Waals surface area contributed by atoms with Crippen molar-refractivity contribution >= 4 is 0 Å². The molecular formula is C8H12O. The molecule has 0 amide bonds. The normalized spacial score (nSPS) is 27.1. The molecule has 1 aliphatic rings. The quantitative estimate of drug-likeness (QED) is 0.532. The van der Waals surface area contributed by atoms with E-state index in [1.807, 2.05) is 12.2 Å². The Morgan fingerprint density at radius 2 is 2.56 bits per heavy atom. The molecular weight excluding hydrogens is 112 g/mol. The number of aliphatic hydroxyl groups is 1. The van der Waals surface area contributed by atoms with Crippen LogP contribution in [0.3, 0.4) is 0 Å². The van der Waals surface area contributed by atoms with Gasteiger partial charge in [-0.3, -0.25) is 0 Å². The van der Waals surface area contributed by atoms with E-state index < -0.39 is 0 Å². The number of aliphatic hydroxyl groups excluding tert-OH is 1. The maximum Gasteiger partial charge on any atom is 0.0883 e. The van der Waals surface area contributed by atoms with Crippen LogP contribution in [0.5, 0.6) is 0 Å². The molecule has 0 aromatic heterocycles. The Morgan fingerprint density at radius 1 is 1.78 bits per heavy atom. The van der Waals surface area contributed by atoms with E-state index in [4.69, 9.17) is 5.11 Å². The highest BCUT2D eigenvalue weighted by Gasteiger charge is 2.09. The van der Waals surface area contributed by atoms with E-state index in [0.717, 1.165) is 19.3 Å². The zero-order valence-corrected chi connectivity index (χ0v) is 5.51. The van der Waals surface area contributed by atoms with E-state index in [2.05, 4.69) is 6.58 Å². The van der Waals surface area contributed by atoms with Crippen LogP contribution in [-0.4, -0.2) is 5.11 Å². The summed E-state index contributed by atoms with van der Waals surface area (Å²) in [6.07, 6.45) is 6.70. The fraction of sp³-hybridized carbons (Fsp3) is 0.500. The molecule has 1 heteroatoms. The van der Waals surface area contributed by atoms with Crippen LogP contribution in [-0.2, 0) is 0 Å². The Labute approximate surface area is 55.7 Å². The fourth-order valence-corrected chi connectivity index (χ4v) is 1.05. The average Bonchev–Trinajstić information content (AvgIpc) is 1.90. The van der Waals surface area contributed by atoms with Crippen molar-refractivity contribution in [2.24, 2.45) is 5.92 Å². The summed E-state index contributed by atoms with van der Waals surface area (Å²) in [6.45, 7) is 3.70. The van der Waals surface area contributed by atoms with Crippen molar-refractivity contribution < 1.29 is 5.11 Å². The van der Waals surface area contributed by atoms with Crippen molar-refractivity contribution in [3.63, 3.8) is 0 Å². The molecule has 0 radical (unpaired) electrons. The van der Waals surface area contributed by atoms with Crippen molar-refractivity contribution in [1.29, 1.82) is 0 Å². The standard InChI is InChI=1S/C8H12O/c1-2-7-3-5-8(9)6-4-7/h2,5,7,9H,1,3-4,6H2/t7-/m1/s1. The lowest BCUT2D eigenvalue weighted by Crippen LogP contribution is -2.01. The van der Waals surface area contributed by atoms with E-state index in [9.17, 15) is 0 Å². The third-order valence-corrected chi connectivity index (χ3v) is 1.76. The van der Waals surface area contributed by atoms with E-state index in [1.165, 1.54) is 0 Å². The van der Waals surface area contributed by atoms with Crippen LogP contribution in [0.2, 0.25) is 0 Å². The minimum absolute atomic E-state index is 0.549. The Morgan fingerprint density at radius 3 is 3.00 bits per heavy atom. The highest BCUT2D eigenvalue weighted by atomic mass is 16.3. The van der Waals surface area contributed by atoms with Gasteiger partial charge in [0.05, 0.1) is 5.76 Å². The second-order valence-corrected chi connectivity index (χ2v) is 2.47. The zero-order chi connectivity index (χ0) is 6.69. The van der Waals surface area contributed by atoms with Gasteiger partial charge in [0, 0.05) is 6.42 Å². The Hall–Kier alpha value is -0.720. The molecule has 1 atom stereocenters. The first-order valence-corrected chi connectivity index (χ1v) is 3.33. The van der Waals surface area contributed by atoms with Crippen LogP contribution in [0.4, 0.5) is 0 Å². The second-order valence-electron chi connectivity index (χ2n) is 2.47. The van der Waals surface area contributed by atoms with Gasteiger partial charge in [0.15, 0.2) is 0 Å². The first-order valence-electron chi connectivity index (χ1n) is 3.33. The fourth-order valence-electron chi connectivity index (χ4n) is 1.05. The Kier molecular flexibility index (Phi) is 1.93. The van der Waals surface area contributed by atoms with E-state index in [-0.39, 0.29) is 0 Å². The predicted octanol–water partition coefficient (Wildman–Crippen LogP) is 2.41. The van der Waals surface area contributed by atoms with Crippen LogP contribution >= 0.6 is 0 Å². The first kappa shape index (κ1) is 6.40. The maximum atomic E-state index is 8.95. The van der Waals surface area contributed by atoms with E-state index in [1.54, 1.807) is 0 Å². The van der Waals surface area contributed by atoms with Crippen molar-refractivity contribution in [1.82, 2.24) is 0 Å². The summed E-state index contributed by atoms with van der Waals surface area (Å²) in [5.74, 6) is 1.15. The van der Waals surface area contributed by atoms with Gasteiger partial charge in [-0.2, -0.15) is 0 Å². The van der Waals surface area contributed by atoms with Crippen molar-refractivity contribution in [3.8, 4) is 0 Å². The van der Waals surface area contributed by atoms with Crippen LogP contribution in [0, 0.1) is 5.92 Å². The summed E-state index contributed by atoms with van der Waals surface area (Å²) in [7, 11) is 0. The molecule has 0 heterocycles. The molecule has 0 saturated heterocycles. The van der Waals surface area contributed by atoms with Gasteiger partial charge in [-0.25, -0.2) is 0 Å². The van der Waals surface area contributed by atoms with Crippen LogP contribution < -0.4 is 0 Å². The molecule has 1 N–H and O–H groups in total. The van der Waals surface area contributed by atoms with Crippen LogP contribution in [0.15, 0.2) is 24.5 Å². The van der Waals surface area contributed by atoms with E-state index >= 15 is 0 Å². The molecule has 0 fully saturated rings. The van der Waals surface area contributed by atoms with Gasteiger partial charge in [0.25, 0.3) is 0 Å². The lowest BCUT2D eigenvalue weighted by atomic mass is 9.94. The molecule has 0 bridgehead atoms. The smallest absolute Gasteiger partial charge is 0.0883 e. The third-order valence-electron chi connectivity index (χ3n) is 1.76. The van der Waals surface area contributed by atoms with Crippen LogP contribution in [0.1, 0.15) is 19.3 Å². The van der Waals surface area contributed by atoms with E-state index in [0.29, 0.717) is 11.7 Å². The number of hydrogen-bond donors (Lipinski definition) is 1. The minimum atomic E-state index is 0.549. The summed E-state index contributed by atoms with van der Waals surface area (Å²) in [4.78, 5) is 0. The van der Waals surface area contributed by atoms with Crippen molar-refractivity contribution in [2.75, 3.05) is 0 Å². The number of allylic oxidation sites excluding steroid dienone is 3. The lowest BCUT2D eigenvalue weighted by molar-refractivity contribution is 0.353. The first-order chi connectivity index (χ1) is 4.33. The van der Waals surface area contributed by atoms with Crippen molar-refractivity contribution in [2.45, 2.75) is 19.3 Å². The molecule has 0 spiro atoms. The van der Waals surface area contributed by atoms with Gasteiger partial charge in [0.2, 0.25) is 0 Å². The number of rotatable bonds is 1. The van der Waals surface area contributed by atoms with Gasteiger partial charge < -0.3 is 5.11 Å². The highest BCUT2D eigenvalue weighted by molar-refractivity contribution is 5.00. The Bertz CT molecular complexity index is 136. The second kappa shape index (κ2) is 2.72. The van der Waals surface area contributed by atoms with Gasteiger partial charge in [-0.05, 0) is 24.8 Å². The molecule has 0 aliphatic heterocycles. The molecule has 0 unspecified atom stereocenters. The molecule has 1 nitrogen and oxygen atoms in total. The van der Waals surface area contributed by atoms with Crippen LogP contribution in [0.25, 0.3) is 0 Å². The highest BCUT2D eigenvalue weighted by Crippen LogP contribution is 2.21. The molecule has 1 rings (SSSR count). The lowest BCUT2D eigenvalue weighted by Gasteiger charge is -2.14. The maximum absolute atomic E-state index is 8.95. The van der Waals surface area contributed by atoms with Gasteiger partial charge in [-0.15, -0.1) is 6.58 Å². The molecule has 9 heavy (non-hydrogen) atoms. The van der Waals surface area contributed by atoms with Gasteiger partial charge in [0.1, 0.15) is 0 Å². The molecule has 0 aromatic carbocycles. The Balaban J connectivity index is 2.45. The minimum Gasteiger partial charge on any atom is -0.513 e. The summed E-state index contributed by atoms with van der Waals surface area (Å²) in [5.41, 5.74) is 0. The summed E-state index contributed by atoms with van der Waals surface area (Å²) in [6, 6.07) is 0. The molecule has 1 aliphatic carbocycles. The average molecular weight is 124 g/mol. The molecule has 50 valence electrons. The van der Waals surface area contributed by atoms with Crippen molar-refractivity contribution in [3.05, 3.63) is 24.5 Å².